The van der Waals surface area contributed by atoms with Gasteiger partial charge < -0.3 is 9.84 Å². The zero-order chi connectivity index (χ0) is 12.6. The van der Waals surface area contributed by atoms with E-state index in [1.807, 2.05) is 0 Å². The van der Waals surface area contributed by atoms with Gasteiger partial charge >= 0.3 is 11.8 Å². The third-order valence-electron chi connectivity index (χ3n) is 2.25. The Hall–Kier alpha value is -2.64. The van der Waals surface area contributed by atoms with Gasteiger partial charge in [0.1, 0.15) is 6.20 Å². The first-order chi connectivity index (χ1) is 8.06. The second kappa shape index (κ2) is 3.74. The fourth-order valence-corrected chi connectivity index (χ4v) is 1.55. The van der Waals surface area contributed by atoms with Crippen LogP contribution >= 0.6 is 0 Å². The van der Waals surface area contributed by atoms with Gasteiger partial charge in [0.2, 0.25) is 5.75 Å². The first kappa shape index (κ1) is 10.9. The van der Waals surface area contributed by atoms with E-state index >= 15 is 0 Å². The van der Waals surface area contributed by atoms with E-state index in [2.05, 4.69) is 4.98 Å². The van der Waals surface area contributed by atoms with Crippen LogP contribution in [-0.4, -0.2) is 32.8 Å². The highest BCUT2D eigenvalue weighted by atomic mass is 16.6. The zero-order valence-corrected chi connectivity index (χ0v) is 8.65. The maximum absolute atomic E-state index is 10.8. The molecule has 1 N–H and O–H groups in total. The molecule has 0 amide bonds. The number of methoxy groups -OCH3 is 1. The van der Waals surface area contributed by atoms with E-state index in [0.717, 1.165) is 10.8 Å². The Morgan fingerprint density at radius 1 is 1.65 bits per heavy atom. The van der Waals surface area contributed by atoms with Gasteiger partial charge in [0.15, 0.2) is 5.65 Å². The lowest BCUT2D eigenvalue weighted by molar-refractivity contribution is -0.385. The van der Waals surface area contributed by atoms with Crippen molar-refractivity contribution in [3.05, 3.63) is 28.6 Å². The Labute approximate surface area is 94.2 Å². The first-order valence-electron chi connectivity index (χ1n) is 4.48. The normalized spacial score (nSPS) is 10.4. The fourth-order valence-electron chi connectivity index (χ4n) is 1.55. The molecule has 2 heterocycles. The Kier molecular flexibility index (Phi) is 2.39. The van der Waals surface area contributed by atoms with Crippen molar-refractivity contribution < 1.29 is 19.6 Å². The lowest BCUT2D eigenvalue weighted by Crippen LogP contribution is -2.07. The molecular formula is C9H7N3O5. The summed E-state index contributed by atoms with van der Waals surface area (Å²) in [6, 6.07) is 1.41. The molecule has 0 radical (unpaired) electrons. The summed E-state index contributed by atoms with van der Waals surface area (Å²) in [6.07, 6.45) is 1.01. The Morgan fingerprint density at radius 2 is 2.35 bits per heavy atom. The molecule has 0 saturated heterocycles. The molecule has 8 nitrogen and oxygen atoms in total. The number of ether oxygens (including phenoxy) is 1. The smallest absolute Gasteiger partial charge is 0.417 e. The van der Waals surface area contributed by atoms with E-state index in [4.69, 9.17) is 9.84 Å². The Balaban J connectivity index is 2.80. The van der Waals surface area contributed by atoms with Crippen molar-refractivity contribution in [2.24, 2.45) is 0 Å². The lowest BCUT2D eigenvalue weighted by Gasteiger charge is -2.03. The molecule has 0 fully saturated rings. The van der Waals surface area contributed by atoms with Gasteiger partial charge in [0.25, 0.3) is 0 Å². The molecule has 2 aromatic rings. The second-order valence-electron chi connectivity index (χ2n) is 3.14. The van der Waals surface area contributed by atoms with Crippen molar-refractivity contribution >= 4 is 22.8 Å². The minimum atomic E-state index is -1.22. The zero-order valence-electron chi connectivity index (χ0n) is 8.65. The minimum absolute atomic E-state index is 0.000000000000000444. The molecule has 0 aliphatic carbocycles. The molecule has 17 heavy (non-hydrogen) atoms. The second-order valence-corrected chi connectivity index (χ2v) is 3.14. The molecule has 2 rings (SSSR count). The molecule has 0 aliphatic heterocycles. The van der Waals surface area contributed by atoms with Crippen molar-refractivity contribution in [1.29, 1.82) is 0 Å². The van der Waals surface area contributed by atoms with Crippen LogP contribution in [0.5, 0.6) is 5.75 Å². The molecule has 0 bridgehead atoms. The van der Waals surface area contributed by atoms with Gasteiger partial charge in [-0.05, 0) is 6.07 Å². The van der Waals surface area contributed by atoms with Crippen LogP contribution < -0.4 is 4.74 Å². The average molecular weight is 237 g/mol. The number of nitro groups is 1. The maximum Gasteiger partial charge on any atom is 0.417 e. The quantitative estimate of drug-likeness (QED) is 0.626. The summed E-state index contributed by atoms with van der Waals surface area (Å²) >= 11 is 0. The number of hydrogen-bond acceptors (Lipinski definition) is 5. The number of carbonyl (C=O) groups is 1. The van der Waals surface area contributed by atoms with Gasteiger partial charge in [-0.25, -0.2) is 14.3 Å². The van der Waals surface area contributed by atoms with Crippen LogP contribution in [-0.2, 0) is 0 Å². The van der Waals surface area contributed by atoms with E-state index < -0.39 is 11.0 Å². The van der Waals surface area contributed by atoms with Gasteiger partial charge in [-0.1, -0.05) is 0 Å². The average Bonchev–Trinajstić information content (AvgIpc) is 2.70. The van der Waals surface area contributed by atoms with Crippen molar-refractivity contribution in [1.82, 2.24) is 9.55 Å². The molecule has 2 aromatic heterocycles. The number of pyridine rings is 1. The number of nitrogens with zero attached hydrogens (tertiary/aromatic N) is 3. The Bertz CT molecular complexity index is 618. The molecule has 0 spiro atoms. The first-order valence-corrected chi connectivity index (χ1v) is 4.48. The monoisotopic (exact) mass is 237 g/mol. The van der Waals surface area contributed by atoms with E-state index in [0.29, 0.717) is 0 Å². The molecule has 88 valence electrons. The van der Waals surface area contributed by atoms with E-state index in [-0.39, 0.29) is 22.5 Å². The van der Waals surface area contributed by atoms with Crippen LogP contribution in [0.2, 0.25) is 0 Å². The van der Waals surface area contributed by atoms with Crippen molar-refractivity contribution in [3.8, 4) is 5.75 Å². The van der Waals surface area contributed by atoms with Crippen LogP contribution in [0.15, 0.2) is 18.5 Å². The number of hydrogen-bond donors (Lipinski definition) is 1. The van der Waals surface area contributed by atoms with E-state index in [9.17, 15) is 14.9 Å². The molecular weight excluding hydrogens is 230 g/mol. The van der Waals surface area contributed by atoms with Gasteiger partial charge in [-0.15, -0.1) is 0 Å². The summed E-state index contributed by atoms with van der Waals surface area (Å²) in [5.74, 6) is 0.000000000000000444. The lowest BCUT2D eigenvalue weighted by atomic mass is 10.3. The van der Waals surface area contributed by atoms with Gasteiger partial charge in [-0.2, -0.15) is 0 Å². The highest BCUT2D eigenvalue weighted by Gasteiger charge is 2.21. The molecule has 0 saturated carbocycles. The van der Waals surface area contributed by atoms with Gasteiger partial charge in [-0.3, -0.25) is 10.1 Å². The van der Waals surface area contributed by atoms with Crippen LogP contribution in [0.3, 0.4) is 0 Å². The van der Waals surface area contributed by atoms with Crippen molar-refractivity contribution in [2.45, 2.75) is 0 Å². The predicted octanol–water partition coefficient (Wildman–Crippen LogP) is 1.48. The van der Waals surface area contributed by atoms with Crippen LogP contribution in [0.1, 0.15) is 0 Å². The highest BCUT2D eigenvalue weighted by Crippen LogP contribution is 2.33. The minimum Gasteiger partial charge on any atom is -0.490 e. The number of aromatic nitrogens is 2. The number of carboxylic acid groups (broad SMARTS) is 1. The van der Waals surface area contributed by atoms with E-state index in [1.54, 1.807) is 0 Å². The molecule has 0 aliphatic rings. The number of fused-ring (bicyclic) bond motifs is 1. The highest BCUT2D eigenvalue weighted by molar-refractivity contribution is 5.92. The molecule has 0 aromatic carbocycles. The van der Waals surface area contributed by atoms with Crippen LogP contribution in [0, 0.1) is 10.1 Å². The van der Waals surface area contributed by atoms with Crippen LogP contribution in [0.4, 0.5) is 10.5 Å². The maximum atomic E-state index is 10.8. The molecule has 8 heteroatoms. The predicted molar refractivity (Wildman–Crippen MR) is 56.4 cm³/mol. The molecule has 0 unspecified atom stereocenters. The topological polar surface area (TPSA) is 107 Å². The van der Waals surface area contributed by atoms with Gasteiger partial charge in [0, 0.05) is 6.20 Å². The summed E-state index contributed by atoms with van der Waals surface area (Å²) in [4.78, 5) is 24.7. The third-order valence-corrected chi connectivity index (χ3v) is 2.25. The molecule has 0 atom stereocenters. The third kappa shape index (κ3) is 1.55. The number of rotatable bonds is 2. The summed E-state index contributed by atoms with van der Waals surface area (Å²) in [5, 5.41) is 19.9. The van der Waals surface area contributed by atoms with Gasteiger partial charge in [0.05, 0.1) is 17.4 Å². The summed E-state index contributed by atoms with van der Waals surface area (Å²) < 4.78 is 5.79. The SMILES string of the molecule is COc1c([N+](=O)[O-])cnc2c1ccn2C(=O)O. The summed E-state index contributed by atoms with van der Waals surface area (Å²) in [5.41, 5.74) is -0.205. The summed E-state index contributed by atoms with van der Waals surface area (Å²) in [6.45, 7) is 0. The van der Waals surface area contributed by atoms with E-state index in [1.165, 1.54) is 19.4 Å². The van der Waals surface area contributed by atoms with Crippen molar-refractivity contribution in [3.63, 3.8) is 0 Å². The standard InChI is InChI=1S/C9H7N3O5/c1-17-7-5-2-3-11(9(13)14)8(5)10-4-6(7)12(15)16/h2-4H,1H3,(H,13,14). The Morgan fingerprint density at radius 3 is 2.88 bits per heavy atom. The summed E-state index contributed by atoms with van der Waals surface area (Å²) in [7, 11) is 1.28. The van der Waals surface area contributed by atoms with Crippen molar-refractivity contribution in [2.75, 3.05) is 7.11 Å². The van der Waals surface area contributed by atoms with Crippen LogP contribution in [0.25, 0.3) is 11.0 Å². The largest absolute Gasteiger partial charge is 0.490 e. The fraction of sp³-hybridized carbons (Fsp3) is 0.111.